The summed E-state index contributed by atoms with van der Waals surface area (Å²) >= 11 is 0. The number of aromatic nitrogens is 1. The first-order valence-electron chi connectivity index (χ1n) is 10.8. The fourth-order valence-corrected chi connectivity index (χ4v) is 6.13. The van der Waals surface area contributed by atoms with Crippen LogP contribution < -0.4 is 4.74 Å². The van der Waals surface area contributed by atoms with E-state index in [4.69, 9.17) is 4.74 Å². The van der Waals surface area contributed by atoms with E-state index < -0.39 is 16.1 Å². The molecule has 31 heavy (non-hydrogen) atoms. The lowest BCUT2D eigenvalue weighted by atomic mass is 9.68. The van der Waals surface area contributed by atoms with Crippen molar-refractivity contribution in [1.82, 2.24) is 14.2 Å². The molecule has 4 rings (SSSR count). The van der Waals surface area contributed by atoms with Crippen molar-refractivity contribution in [3.63, 3.8) is 0 Å². The van der Waals surface area contributed by atoms with E-state index in [1.807, 2.05) is 25.1 Å². The largest absolute Gasteiger partial charge is 0.497 e. The Labute approximate surface area is 183 Å². The van der Waals surface area contributed by atoms with Crippen molar-refractivity contribution in [3.8, 4) is 5.75 Å². The molecule has 2 aliphatic heterocycles. The minimum absolute atomic E-state index is 0.0216. The van der Waals surface area contributed by atoms with Crippen molar-refractivity contribution >= 4 is 26.8 Å². The molecule has 1 atom stereocenters. The number of H-pyrrole nitrogens is 1. The molecule has 1 aromatic carbocycles. The molecular formula is C22H31N3O5S. The summed E-state index contributed by atoms with van der Waals surface area (Å²) in [5, 5.41) is 11.3. The number of nitrogens with zero attached hydrogens (tertiary/aromatic N) is 2. The lowest BCUT2D eigenvalue weighted by molar-refractivity contribution is -0.137. The molecule has 0 radical (unpaired) electrons. The van der Waals surface area contributed by atoms with E-state index in [9.17, 15) is 18.3 Å². The predicted octanol–water partition coefficient (Wildman–Crippen LogP) is 2.15. The smallest absolute Gasteiger partial charge is 0.223 e. The van der Waals surface area contributed by atoms with E-state index in [2.05, 4.69) is 4.98 Å². The second-order valence-electron chi connectivity index (χ2n) is 8.74. The molecule has 170 valence electrons. The Bertz CT molecular complexity index is 1090. The quantitative estimate of drug-likeness (QED) is 0.728. The number of amides is 1. The number of hydrogen-bond donors (Lipinski definition) is 2. The van der Waals surface area contributed by atoms with Crippen molar-refractivity contribution < 1.29 is 23.1 Å². The van der Waals surface area contributed by atoms with Crippen LogP contribution in [0.1, 0.15) is 49.9 Å². The Morgan fingerprint density at radius 3 is 2.61 bits per heavy atom. The molecule has 0 saturated carbocycles. The van der Waals surface area contributed by atoms with Gasteiger partial charge in [0, 0.05) is 54.1 Å². The maximum atomic E-state index is 13.0. The van der Waals surface area contributed by atoms with Gasteiger partial charge in [-0.2, -0.15) is 0 Å². The third kappa shape index (κ3) is 3.72. The van der Waals surface area contributed by atoms with E-state index in [1.54, 1.807) is 12.0 Å². The number of sulfonamides is 1. The van der Waals surface area contributed by atoms with Crippen LogP contribution in [0.5, 0.6) is 5.75 Å². The van der Waals surface area contributed by atoms with Crippen molar-refractivity contribution in [2.75, 3.05) is 39.6 Å². The molecule has 1 aromatic heterocycles. The van der Waals surface area contributed by atoms with Gasteiger partial charge in [0.05, 0.1) is 26.0 Å². The van der Waals surface area contributed by atoms with Crippen molar-refractivity contribution in [3.05, 3.63) is 29.5 Å². The predicted molar refractivity (Wildman–Crippen MR) is 119 cm³/mol. The number of carbonyl (C=O) groups excluding carboxylic acids is 1. The summed E-state index contributed by atoms with van der Waals surface area (Å²) in [6.45, 7) is 3.12. The lowest BCUT2D eigenvalue weighted by Crippen LogP contribution is -2.55. The molecule has 1 amide bonds. The maximum absolute atomic E-state index is 13.0. The monoisotopic (exact) mass is 449 g/mol. The molecule has 1 fully saturated rings. The molecular weight excluding hydrogens is 418 g/mol. The number of nitrogens with one attached hydrogen (secondary N) is 1. The molecule has 2 N–H and O–H groups in total. The van der Waals surface area contributed by atoms with E-state index >= 15 is 0 Å². The van der Waals surface area contributed by atoms with Crippen LogP contribution in [0.15, 0.2) is 18.2 Å². The Morgan fingerprint density at radius 2 is 2.03 bits per heavy atom. The van der Waals surface area contributed by atoms with Crippen LogP contribution in [-0.2, 0) is 20.2 Å². The number of rotatable bonds is 5. The number of benzene rings is 1. The molecule has 1 saturated heterocycles. The van der Waals surface area contributed by atoms with Crippen LogP contribution in [0.4, 0.5) is 0 Å². The zero-order valence-electron chi connectivity index (χ0n) is 18.3. The topological polar surface area (TPSA) is 103 Å². The summed E-state index contributed by atoms with van der Waals surface area (Å²) in [5.41, 5.74) is 2.50. The van der Waals surface area contributed by atoms with Crippen molar-refractivity contribution in [2.24, 2.45) is 0 Å². The van der Waals surface area contributed by atoms with Gasteiger partial charge in [0.1, 0.15) is 5.75 Å². The average molecular weight is 450 g/mol. The van der Waals surface area contributed by atoms with Crippen molar-refractivity contribution in [2.45, 2.75) is 44.1 Å². The number of hydrogen-bond acceptors (Lipinski definition) is 5. The zero-order chi connectivity index (χ0) is 22.4. The number of piperidine rings is 1. The van der Waals surface area contributed by atoms with Gasteiger partial charge in [-0.1, -0.05) is 6.92 Å². The van der Waals surface area contributed by atoms with Gasteiger partial charge >= 0.3 is 0 Å². The third-order valence-electron chi connectivity index (χ3n) is 6.85. The Morgan fingerprint density at radius 1 is 1.32 bits per heavy atom. The zero-order valence-corrected chi connectivity index (χ0v) is 19.2. The lowest BCUT2D eigenvalue weighted by Gasteiger charge is -2.50. The summed E-state index contributed by atoms with van der Waals surface area (Å²) in [7, 11) is -1.64. The van der Waals surface area contributed by atoms with E-state index in [0.717, 1.165) is 34.3 Å². The van der Waals surface area contributed by atoms with Crippen LogP contribution in [0.3, 0.4) is 0 Å². The highest BCUT2D eigenvalue weighted by molar-refractivity contribution is 7.88. The maximum Gasteiger partial charge on any atom is 0.223 e. The Hall–Kier alpha value is -2.10. The summed E-state index contributed by atoms with van der Waals surface area (Å²) in [6, 6.07) is 5.43. The van der Waals surface area contributed by atoms with Gasteiger partial charge in [-0.3, -0.25) is 4.79 Å². The van der Waals surface area contributed by atoms with Gasteiger partial charge in [0.15, 0.2) is 0 Å². The van der Waals surface area contributed by atoms with Gasteiger partial charge in [-0.15, -0.1) is 0 Å². The number of aliphatic hydroxyl groups is 1. The fourth-order valence-electron chi connectivity index (χ4n) is 5.28. The molecule has 2 aromatic rings. The summed E-state index contributed by atoms with van der Waals surface area (Å²) in [5.74, 6) is 0.750. The van der Waals surface area contributed by atoms with Crippen LogP contribution in [0, 0.1) is 0 Å². The third-order valence-corrected chi connectivity index (χ3v) is 8.16. The van der Waals surface area contributed by atoms with Crippen LogP contribution in [-0.4, -0.2) is 73.2 Å². The summed E-state index contributed by atoms with van der Waals surface area (Å²) in [4.78, 5) is 18.3. The SMILES string of the molecule is CCCC(=O)N1CC2(CCN(S(C)(=O)=O)CC2)c2c([nH]c3cc(OC)ccc23)[C@@H]1CO. The van der Waals surface area contributed by atoms with E-state index in [1.165, 1.54) is 10.6 Å². The summed E-state index contributed by atoms with van der Waals surface area (Å²) in [6.07, 6.45) is 3.65. The average Bonchev–Trinajstić information content (AvgIpc) is 3.13. The van der Waals surface area contributed by atoms with Crippen LogP contribution in [0.25, 0.3) is 10.9 Å². The minimum atomic E-state index is -3.26. The Kier molecular flexibility index (Phi) is 5.78. The van der Waals surface area contributed by atoms with Gasteiger partial charge in [0.25, 0.3) is 0 Å². The van der Waals surface area contributed by atoms with E-state index in [-0.39, 0.29) is 17.9 Å². The molecule has 0 bridgehead atoms. The number of carbonyl (C=O) groups is 1. The second kappa shape index (κ2) is 8.11. The molecule has 0 unspecified atom stereocenters. The minimum Gasteiger partial charge on any atom is -0.497 e. The number of methoxy groups -OCH3 is 1. The molecule has 0 aliphatic carbocycles. The first kappa shape index (κ1) is 22.1. The Balaban J connectivity index is 1.86. The number of fused-ring (bicyclic) bond motifs is 4. The molecule has 3 heterocycles. The van der Waals surface area contributed by atoms with Gasteiger partial charge in [0.2, 0.25) is 15.9 Å². The highest BCUT2D eigenvalue weighted by Crippen LogP contribution is 2.49. The summed E-state index contributed by atoms with van der Waals surface area (Å²) < 4.78 is 31.1. The normalized spacial score (nSPS) is 21.4. The number of aromatic amines is 1. The molecule has 1 spiro atoms. The van der Waals surface area contributed by atoms with Crippen LogP contribution >= 0.6 is 0 Å². The molecule has 9 heteroatoms. The van der Waals surface area contributed by atoms with Gasteiger partial charge in [-0.25, -0.2) is 12.7 Å². The first-order valence-corrected chi connectivity index (χ1v) is 12.6. The second-order valence-corrected chi connectivity index (χ2v) is 10.7. The van der Waals surface area contributed by atoms with Gasteiger partial charge in [-0.05, 0) is 37.0 Å². The van der Waals surface area contributed by atoms with Crippen molar-refractivity contribution in [1.29, 1.82) is 0 Å². The standard InChI is InChI=1S/C22H31N3O5S/c1-4-5-19(27)25-14-22(8-10-24(11-9-22)31(3,28)29)20-16-7-6-15(30-2)12-17(16)23-21(20)18(25)13-26/h6-7,12,18,23,26H,4-5,8-11,13-14H2,1-3H3/t18-/m0/s1. The number of aliphatic hydroxyl groups excluding tert-OH is 1. The first-order chi connectivity index (χ1) is 14.7. The van der Waals surface area contributed by atoms with Gasteiger partial charge < -0.3 is 19.7 Å². The van der Waals surface area contributed by atoms with E-state index in [0.29, 0.717) is 38.9 Å². The highest BCUT2D eigenvalue weighted by Gasteiger charge is 2.49. The molecule has 8 nitrogen and oxygen atoms in total. The van der Waals surface area contributed by atoms with Crippen LogP contribution in [0.2, 0.25) is 0 Å². The highest BCUT2D eigenvalue weighted by atomic mass is 32.2. The molecule has 2 aliphatic rings. The fraction of sp³-hybridized carbons (Fsp3) is 0.591. The number of ether oxygens (including phenoxy) is 1.